The average molecular weight is 272 g/mol. The van der Waals surface area contributed by atoms with Gasteiger partial charge in [-0.05, 0) is 31.0 Å². The molecule has 0 radical (unpaired) electrons. The molecule has 5 heteroatoms. The number of carboxylic acids is 1. The molecule has 1 aliphatic rings. The second-order valence-electron chi connectivity index (χ2n) is 4.90. The summed E-state index contributed by atoms with van der Waals surface area (Å²) in [6, 6.07) is 6.31. The van der Waals surface area contributed by atoms with Gasteiger partial charge in [-0.25, -0.2) is 9.59 Å². The number of aliphatic carboxylic acids is 1. The number of rotatable bonds is 3. The van der Waals surface area contributed by atoms with Crippen LogP contribution in [0.1, 0.15) is 31.2 Å². The van der Waals surface area contributed by atoms with E-state index in [0.29, 0.717) is 24.1 Å². The van der Waals surface area contributed by atoms with E-state index in [9.17, 15) is 14.7 Å². The minimum Gasteiger partial charge on any atom is -0.480 e. The van der Waals surface area contributed by atoms with E-state index >= 15 is 0 Å². The fourth-order valence-corrected chi connectivity index (χ4v) is 2.44. The zero-order chi connectivity index (χ0) is 14.6. The summed E-state index contributed by atoms with van der Waals surface area (Å²) in [6.45, 7) is 0. The van der Waals surface area contributed by atoms with Gasteiger partial charge in [-0.1, -0.05) is 24.8 Å². The molecule has 1 aliphatic carbocycles. The maximum absolute atomic E-state index is 11.9. The quantitative estimate of drug-likeness (QED) is 0.738. The Morgan fingerprint density at radius 1 is 1.30 bits per heavy atom. The highest BCUT2D eigenvalue weighted by molar-refractivity contribution is 5.94. The van der Waals surface area contributed by atoms with Crippen LogP contribution in [-0.4, -0.2) is 22.6 Å². The fraction of sp³-hybridized carbons (Fsp3) is 0.333. The molecule has 1 fully saturated rings. The first-order chi connectivity index (χ1) is 9.55. The molecule has 104 valence electrons. The molecular formula is C15H16N2O3. The summed E-state index contributed by atoms with van der Waals surface area (Å²) < 4.78 is 0. The SMILES string of the molecule is C#Cc1cccc(NC(=O)NC2(C(=O)O)CCCC2)c1. The number of amides is 2. The van der Waals surface area contributed by atoms with Crippen LogP contribution >= 0.6 is 0 Å². The van der Waals surface area contributed by atoms with E-state index in [2.05, 4.69) is 16.6 Å². The Morgan fingerprint density at radius 2 is 2.00 bits per heavy atom. The largest absolute Gasteiger partial charge is 0.480 e. The summed E-state index contributed by atoms with van der Waals surface area (Å²) in [6.07, 6.45) is 7.81. The highest BCUT2D eigenvalue weighted by Gasteiger charge is 2.42. The molecule has 0 heterocycles. The molecule has 0 saturated heterocycles. The van der Waals surface area contributed by atoms with Crippen molar-refractivity contribution in [1.29, 1.82) is 0 Å². The van der Waals surface area contributed by atoms with Gasteiger partial charge in [0.2, 0.25) is 0 Å². The minimum absolute atomic E-state index is 0.458. The van der Waals surface area contributed by atoms with Crippen LogP contribution in [0.3, 0.4) is 0 Å². The summed E-state index contributed by atoms with van der Waals surface area (Å²) in [5, 5.41) is 14.5. The van der Waals surface area contributed by atoms with Crippen molar-refractivity contribution in [3.63, 3.8) is 0 Å². The first-order valence-corrected chi connectivity index (χ1v) is 6.45. The van der Waals surface area contributed by atoms with Crippen LogP contribution < -0.4 is 10.6 Å². The van der Waals surface area contributed by atoms with E-state index in [1.54, 1.807) is 24.3 Å². The number of carboxylic acid groups (broad SMARTS) is 1. The number of nitrogens with one attached hydrogen (secondary N) is 2. The monoisotopic (exact) mass is 272 g/mol. The highest BCUT2D eigenvalue weighted by atomic mass is 16.4. The van der Waals surface area contributed by atoms with Crippen LogP contribution in [0.25, 0.3) is 0 Å². The van der Waals surface area contributed by atoms with E-state index in [0.717, 1.165) is 12.8 Å². The van der Waals surface area contributed by atoms with Crippen molar-refractivity contribution in [1.82, 2.24) is 5.32 Å². The van der Waals surface area contributed by atoms with Crippen LogP contribution in [0.15, 0.2) is 24.3 Å². The second kappa shape index (κ2) is 5.66. The molecule has 2 rings (SSSR count). The van der Waals surface area contributed by atoms with E-state index in [-0.39, 0.29) is 0 Å². The number of benzene rings is 1. The first-order valence-electron chi connectivity index (χ1n) is 6.45. The third kappa shape index (κ3) is 2.91. The van der Waals surface area contributed by atoms with Gasteiger partial charge in [0, 0.05) is 11.3 Å². The summed E-state index contributed by atoms with van der Waals surface area (Å²) in [5.41, 5.74) is 0.0430. The summed E-state index contributed by atoms with van der Waals surface area (Å²) >= 11 is 0. The standard InChI is InChI=1S/C15H16N2O3/c1-2-11-6-5-7-12(10-11)16-14(20)17-15(13(18)19)8-3-4-9-15/h1,5-7,10H,3-4,8-9H2,(H,18,19)(H2,16,17,20). The number of urea groups is 1. The van der Waals surface area contributed by atoms with Crippen LogP contribution in [0.5, 0.6) is 0 Å². The third-order valence-electron chi connectivity index (χ3n) is 3.51. The van der Waals surface area contributed by atoms with Crippen LogP contribution in [0.4, 0.5) is 10.5 Å². The molecule has 0 bridgehead atoms. The highest BCUT2D eigenvalue weighted by Crippen LogP contribution is 2.30. The predicted molar refractivity (Wildman–Crippen MR) is 75.4 cm³/mol. The zero-order valence-corrected chi connectivity index (χ0v) is 11.0. The summed E-state index contributed by atoms with van der Waals surface area (Å²) in [5.74, 6) is 1.49. The lowest BCUT2D eigenvalue weighted by Crippen LogP contribution is -2.53. The van der Waals surface area contributed by atoms with E-state index in [1.165, 1.54) is 0 Å². The smallest absolute Gasteiger partial charge is 0.329 e. The average Bonchev–Trinajstić information content (AvgIpc) is 2.88. The molecule has 0 spiro atoms. The molecule has 0 unspecified atom stereocenters. The molecular weight excluding hydrogens is 256 g/mol. The lowest BCUT2D eigenvalue weighted by molar-refractivity contribution is -0.144. The molecule has 1 saturated carbocycles. The van der Waals surface area contributed by atoms with Gasteiger partial charge in [0.15, 0.2) is 0 Å². The van der Waals surface area contributed by atoms with Gasteiger partial charge in [-0.3, -0.25) is 0 Å². The molecule has 2 amide bonds. The molecule has 1 aromatic rings. The minimum atomic E-state index is -1.15. The van der Waals surface area contributed by atoms with Gasteiger partial charge in [-0.2, -0.15) is 0 Å². The van der Waals surface area contributed by atoms with Crippen molar-refractivity contribution in [3.8, 4) is 12.3 Å². The van der Waals surface area contributed by atoms with Crippen LogP contribution in [-0.2, 0) is 4.79 Å². The first kappa shape index (κ1) is 13.9. The Balaban J connectivity index is 2.05. The maximum Gasteiger partial charge on any atom is 0.329 e. The number of carbonyl (C=O) groups is 2. The molecule has 3 N–H and O–H groups in total. The summed E-state index contributed by atoms with van der Waals surface area (Å²) in [4.78, 5) is 23.3. The number of hydrogen-bond acceptors (Lipinski definition) is 2. The lowest BCUT2D eigenvalue weighted by atomic mass is 9.98. The Hall–Kier alpha value is -2.48. The topological polar surface area (TPSA) is 78.4 Å². The Labute approximate surface area is 117 Å². The van der Waals surface area contributed by atoms with Gasteiger partial charge < -0.3 is 15.7 Å². The number of carbonyl (C=O) groups excluding carboxylic acids is 1. The number of terminal acetylenes is 1. The molecule has 5 nitrogen and oxygen atoms in total. The Bertz CT molecular complexity index is 569. The Kier molecular flexibility index (Phi) is 3.94. The van der Waals surface area contributed by atoms with Crippen LogP contribution in [0.2, 0.25) is 0 Å². The van der Waals surface area contributed by atoms with Crippen molar-refractivity contribution < 1.29 is 14.7 Å². The fourth-order valence-electron chi connectivity index (χ4n) is 2.44. The Morgan fingerprint density at radius 3 is 2.60 bits per heavy atom. The van der Waals surface area contributed by atoms with Gasteiger partial charge in [0.1, 0.15) is 5.54 Å². The molecule has 0 aromatic heterocycles. The van der Waals surface area contributed by atoms with E-state index in [4.69, 9.17) is 6.42 Å². The lowest BCUT2D eigenvalue weighted by Gasteiger charge is -2.25. The van der Waals surface area contributed by atoms with Crippen LogP contribution in [0, 0.1) is 12.3 Å². The normalized spacial score (nSPS) is 16.1. The van der Waals surface area contributed by atoms with E-state index < -0.39 is 17.5 Å². The van der Waals surface area contributed by atoms with E-state index in [1.807, 2.05) is 0 Å². The van der Waals surface area contributed by atoms with Crippen molar-refractivity contribution >= 4 is 17.7 Å². The van der Waals surface area contributed by atoms with Crippen molar-refractivity contribution in [2.24, 2.45) is 0 Å². The molecule has 0 atom stereocenters. The van der Waals surface area contributed by atoms with Gasteiger partial charge in [-0.15, -0.1) is 6.42 Å². The second-order valence-corrected chi connectivity index (χ2v) is 4.90. The van der Waals surface area contributed by atoms with Crippen molar-refractivity contribution in [2.45, 2.75) is 31.2 Å². The maximum atomic E-state index is 11.9. The number of anilines is 1. The summed E-state index contributed by atoms with van der Waals surface area (Å²) in [7, 11) is 0. The molecule has 0 aliphatic heterocycles. The number of hydrogen-bond donors (Lipinski definition) is 3. The molecule has 20 heavy (non-hydrogen) atoms. The molecule has 1 aromatic carbocycles. The zero-order valence-electron chi connectivity index (χ0n) is 11.0. The third-order valence-corrected chi connectivity index (χ3v) is 3.51. The van der Waals surface area contributed by atoms with Gasteiger partial charge >= 0.3 is 12.0 Å². The predicted octanol–water partition coefficient (Wildman–Crippen LogP) is 2.19. The van der Waals surface area contributed by atoms with Gasteiger partial charge in [0.05, 0.1) is 0 Å². The van der Waals surface area contributed by atoms with Gasteiger partial charge in [0.25, 0.3) is 0 Å². The van der Waals surface area contributed by atoms with Crippen molar-refractivity contribution in [3.05, 3.63) is 29.8 Å². The van der Waals surface area contributed by atoms with Crippen molar-refractivity contribution in [2.75, 3.05) is 5.32 Å².